The highest BCUT2D eigenvalue weighted by Gasteiger charge is 2.49. The summed E-state index contributed by atoms with van der Waals surface area (Å²) in [6, 6.07) is 17.4. The lowest BCUT2D eigenvalue weighted by Crippen LogP contribution is -2.43. The van der Waals surface area contributed by atoms with Crippen LogP contribution in [0.3, 0.4) is 0 Å². The molecule has 0 aliphatic carbocycles. The molecular weight excluding hydrogens is 368 g/mol. The molecule has 0 amide bonds. The molecule has 2 aromatic rings. The molecule has 0 aromatic heterocycles. The molecule has 6 nitrogen and oxygen atoms in total. The molecule has 0 saturated heterocycles. The van der Waals surface area contributed by atoms with Gasteiger partial charge >= 0.3 is 5.97 Å². The number of carbonyl (C=O) groups excluding carboxylic acids is 1. The van der Waals surface area contributed by atoms with Gasteiger partial charge in [0.05, 0.1) is 25.4 Å². The van der Waals surface area contributed by atoms with E-state index in [0.717, 1.165) is 17.0 Å². The van der Waals surface area contributed by atoms with Crippen molar-refractivity contribution in [3.05, 3.63) is 65.6 Å². The van der Waals surface area contributed by atoms with Crippen LogP contribution in [0.1, 0.15) is 25.5 Å². The molecule has 3 atom stereocenters. The maximum absolute atomic E-state index is 12.8. The molecule has 0 N–H and O–H groups in total. The van der Waals surface area contributed by atoms with Crippen LogP contribution in [0, 0.1) is 23.2 Å². The Kier molecular flexibility index (Phi) is 4.89. The molecule has 0 fully saturated rings. The first-order chi connectivity index (χ1) is 14.1. The second-order valence-electron chi connectivity index (χ2n) is 7.08. The Labute approximate surface area is 169 Å². The summed E-state index contributed by atoms with van der Waals surface area (Å²) < 4.78 is 16.7. The van der Waals surface area contributed by atoms with E-state index < -0.39 is 11.9 Å². The minimum atomic E-state index is -0.701. The molecule has 2 aliphatic heterocycles. The normalized spacial score (nSPS) is 22.3. The van der Waals surface area contributed by atoms with Crippen molar-refractivity contribution in [2.24, 2.45) is 11.8 Å². The fourth-order valence-corrected chi connectivity index (χ4v) is 4.22. The van der Waals surface area contributed by atoms with Crippen LogP contribution in [0.2, 0.25) is 0 Å². The van der Waals surface area contributed by atoms with Crippen LogP contribution in [-0.2, 0) is 9.53 Å². The van der Waals surface area contributed by atoms with Crippen LogP contribution in [0.25, 0.3) is 0 Å². The van der Waals surface area contributed by atoms with E-state index in [9.17, 15) is 10.1 Å². The van der Waals surface area contributed by atoms with Gasteiger partial charge in [0.25, 0.3) is 0 Å². The SMILES string of the molecule is CCOC(=O)[C@H]1C(C#N)=C2Oc3ccccc3N2[C@@H](c2ccc(OC)cc2)[C@@H]1C. The van der Waals surface area contributed by atoms with E-state index in [2.05, 4.69) is 6.07 Å². The third-order valence-electron chi connectivity index (χ3n) is 5.51. The van der Waals surface area contributed by atoms with Gasteiger partial charge in [-0.05, 0) is 42.7 Å². The van der Waals surface area contributed by atoms with Crippen molar-refractivity contribution in [2.75, 3.05) is 18.6 Å². The molecule has 0 bridgehead atoms. The van der Waals surface area contributed by atoms with Crippen LogP contribution in [0.5, 0.6) is 11.5 Å². The lowest BCUT2D eigenvalue weighted by molar-refractivity contribution is -0.148. The summed E-state index contributed by atoms with van der Waals surface area (Å²) in [7, 11) is 1.62. The van der Waals surface area contributed by atoms with Crippen molar-refractivity contribution in [1.82, 2.24) is 0 Å². The van der Waals surface area contributed by atoms with Gasteiger partial charge in [-0.25, -0.2) is 0 Å². The van der Waals surface area contributed by atoms with Crippen LogP contribution in [0.15, 0.2) is 60.0 Å². The number of fused-ring (bicyclic) bond motifs is 3. The van der Waals surface area contributed by atoms with Crippen molar-refractivity contribution in [2.45, 2.75) is 19.9 Å². The fourth-order valence-electron chi connectivity index (χ4n) is 4.22. The highest BCUT2D eigenvalue weighted by atomic mass is 16.5. The number of nitrogens with zero attached hydrogens (tertiary/aromatic N) is 2. The molecule has 148 valence electrons. The molecule has 0 spiro atoms. The van der Waals surface area contributed by atoms with E-state index in [1.807, 2.05) is 60.4 Å². The number of hydrogen-bond acceptors (Lipinski definition) is 6. The van der Waals surface area contributed by atoms with Gasteiger partial charge in [0.15, 0.2) is 5.75 Å². The standard InChI is InChI=1S/C23H22N2O4/c1-4-28-23(26)20-14(2)21(15-9-11-16(27-3)12-10-15)25-18-7-5-6-8-19(18)29-22(25)17(20)13-24/h5-12,14,20-21H,4H2,1-3H3/t14-,20-,21-/m1/s1. The summed E-state index contributed by atoms with van der Waals surface area (Å²) in [4.78, 5) is 14.8. The number of esters is 1. The Morgan fingerprint density at radius 2 is 1.93 bits per heavy atom. The Balaban J connectivity index is 1.90. The summed E-state index contributed by atoms with van der Waals surface area (Å²) in [6.07, 6.45) is 0. The van der Waals surface area contributed by atoms with E-state index in [1.165, 1.54) is 0 Å². The second kappa shape index (κ2) is 7.51. The molecule has 2 heterocycles. The third kappa shape index (κ3) is 2.99. The zero-order chi connectivity index (χ0) is 20.5. The Hall–Kier alpha value is -3.46. The molecule has 0 unspecified atom stereocenters. The first-order valence-electron chi connectivity index (χ1n) is 9.61. The van der Waals surface area contributed by atoms with Gasteiger partial charge in [0, 0.05) is 0 Å². The second-order valence-corrected chi connectivity index (χ2v) is 7.08. The summed E-state index contributed by atoms with van der Waals surface area (Å²) in [6.45, 7) is 4.00. The van der Waals surface area contributed by atoms with Gasteiger partial charge in [-0.3, -0.25) is 4.79 Å². The van der Waals surface area contributed by atoms with Gasteiger partial charge in [0.1, 0.15) is 23.3 Å². The Morgan fingerprint density at radius 1 is 1.21 bits per heavy atom. The van der Waals surface area contributed by atoms with Crippen molar-refractivity contribution in [3.63, 3.8) is 0 Å². The lowest BCUT2D eigenvalue weighted by atomic mass is 9.76. The highest BCUT2D eigenvalue weighted by molar-refractivity contribution is 5.81. The van der Waals surface area contributed by atoms with Gasteiger partial charge in [-0.1, -0.05) is 31.2 Å². The smallest absolute Gasteiger partial charge is 0.314 e. The maximum Gasteiger partial charge on any atom is 0.314 e. The van der Waals surface area contributed by atoms with Crippen molar-refractivity contribution >= 4 is 11.7 Å². The number of hydrogen-bond donors (Lipinski definition) is 0. The molecule has 2 aliphatic rings. The first-order valence-corrected chi connectivity index (χ1v) is 9.61. The average molecular weight is 390 g/mol. The number of nitriles is 1. The lowest BCUT2D eigenvalue weighted by Gasteiger charge is -2.41. The van der Waals surface area contributed by atoms with Crippen molar-refractivity contribution in [3.8, 4) is 17.6 Å². The molecule has 0 radical (unpaired) electrons. The zero-order valence-corrected chi connectivity index (χ0v) is 16.6. The summed E-state index contributed by atoms with van der Waals surface area (Å²) in [5.74, 6) is 0.520. The average Bonchev–Trinajstić information content (AvgIpc) is 3.12. The zero-order valence-electron chi connectivity index (χ0n) is 16.6. The van der Waals surface area contributed by atoms with E-state index >= 15 is 0 Å². The molecule has 4 rings (SSSR count). The number of para-hydroxylation sites is 2. The topological polar surface area (TPSA) is 71.8 Å². The summed E-state index contributed by atoms with van der Waals surface area (Å²) in [5.41, 5.74) is 2.18. The molecular formula is C23H22N2O4. The van der Waals surface area contributed by atoms with Crippen LogP contribution >= 0.6 is 0 Å². The monoisotopic (exact) mass is 390 g/mol. The number of methoxy groups -OCH3 is 1. The van der Waals surface area contributed by atoms with Crippen molar-refractivity contribution in [1.29, 1.82) is 5.26 Å². The van der Waals surface area contributed by atoms with Gasteiger partial charge < -0.3 is 19.1 Å². The summed E-state index contributed by atoms with van der Waals surface area (Å²) in [5, 5.41) is 9.91. The third-order valence-corrected chi connectivity index (χ3v) is 5.51. The highest BCUT2D eigenvalue weighted by Crippen LogP contribution is 2.53. The van der Waals surface area contributed by atoms with Crippen LogP contribution in [0.4, 0.5) is 5.69 Å². The molecule has 29 heavy (non-hydrogen) atoms. The minimum Gasteiger partial charge on any atom is -0.497 e. The predicted octanol–water partition coefficient (Wildman–Crippen LogP) is 4.20. The van der Waals surface area contributed by atoms with E-state index in [-0.39, 0.29) is 18.6 Å². The number of benzene rings is 2. The van der Waals surface area contributed by atoms with Crippen LogP contribution in [-0.4, -0.2) is 19.7 Å². The van der Waals surface area contributed by atoms with E-state index in [4.69, 9.17) is 14.2 Å². The number of rotatable bonds is 4. The van der Waals surface area contributed by atoms with Crippen molar-refractivity contribution < 1.29 is 19.0 Å². The molecule has 2 aromatic carbocycles. The fraction of sp³-hybridized carbons (Fsp3) is 0.304. The minimum absolute atomic E-state index is 0.203. The van der Waals surface area contributed by atoms with Gasteiger partial charge in [-0.15, -0.1) is 0 Å². The Bertz CT molecular complexity index is 1010. The molecule has 6 heteroatoms. The number of anilines is 1. The number of carbonyl (C=O) groups is 1. The largest absolute Gasteiger partial charge is 0.497 e. The predicted molar refractivity (Wildman–Crippen MR) is 107 cm³/mol. The quantitative estimate of drug-likeness (QED) is 0.729. The van der Waals surface area contributed by atoms with Gasteiger partial charge in [0.2, 0.25) is 5.88 Å². The van der Waals surface area contributed by atoms with Gasteiger partial charge in [-0.2, -0.15) is 5.26 Å². The maximum atomic E-state index is 12.8. The first kappa shape index (κ1) is 18.9. The summed E-state index contributed by atoms with van der Waals surface area (Å²) >= 11 is 0. The Morgan fingerprint density at radius 3 is 2.59 bits per heavy atom. The molecule has 0 saturated carbocycles. The van der Waals surface area contributed by atoms with E-state index in [1.54, 1.807) is 14.0 Å². The van der Waals surface area contributed by atoms with E-state index in [0.29, 0.717) is 17.2 Å². The van der Waals surface area contributed by atoms with Crippen LogP contribution < -0.4 is 14.4 Å². The number of ether oxygens (including phenoxy) is 3.